The number of rotatable bonds is 5. The summed E-state index contributed by atoms with van der Waals surface area (Å²) >= 11 is 1.22. The van der Waals surface area contributed by atoms with E-state index in [9.17, 15) is 14.9 Å². The first-order valence-corrected chi connectivity index (χ1v) is 6.45. The van der Waals surface area contributed by atoms with Crippen molar-refractivity contribution >= 4 is 23.6 Å². The molecule has 7 heteroatoms. The van der Waals surface area contributed by atoms with Gasteiger partial charge in [-0.1, -0.05) is 0 Å². The van der Waals surface area contributed by atoms with Crippen molar-refractivity contribution in [3.05, 3.63) is 34.4 Å². The van der Waals surface area contributed by atoms with Crippen LogP contribution in [0.4, 0.5) is 5.69 Å². The van der Waals surface area contributed by atoms with Crippen LogP contribution >= 0.6 is 11.9 Å². The molecule has 0 aromatic heterocycles. The molecule has 104 valence electrons. The average Bonchev–Trinajstić information content (AvgIpc) is 2.27. The molecule has 0 heterocycles. The van der Waals surface area contributed by atoms with Crippen molar-refractivity contribution in [2.45, 2.75) is 31.3 Å². The summed E-state index contributed by atoms with van der Waals surface area (Å²) in [5.74, 6) is -0.345. The van der Waals surface area contributed by atoms with Gasteiger partial charge in [-0.25, -0.2) is 4.72 Å². The summed E-state index contributed by atoms with van der Waals surface area (Å²) in [4.78, 5) is 22.2. The van der Waals surface area contributed by atoms with E-state index in [1.165, 1.54) is 24.1 Å². The van der Waals surface area contributed by atoms with Crippen molar-refractivity contribution in [1.29, 1.82) is 0 Å². The molecule has 0 saturated heterocycles. The van der Waals surface area contributed by atoms with Crippen LogP contribution in [0.25, 0.3) is 0 Å². The molecule has 0 bridgehead atoms. The largest absolute Gasteiger partial charge is 0.459 e. The van der Waals surface area contributed by atoms with Gasteiger partial charge >= 0.3 is 5.97 Å². The fraction of sp³-hybridized carbons (Fsp3) is 0.417. The molecule has 0 aliphatic rings. The summed E-state index contributed by atoms with van der Waals surface area (Å²) in [6.07, 6.45) is 0. The van der Waals surface area contributed by atoms with Crippen molar-refractivity contribution < 1.29 is 14.5 Å². The quantitative estimate of drug-likeness (QED) is 0.387. The lowest BCUT2D eigenvalue weighted by Crippen LogP contribution is -2.29. The molecule has 1 N–H and O–H groups in total. The van der Waals surface area contributed by atoms with Crippen molar-refractivity contribution in [2.24, 2.45) is 0 Å². The minimum absolute atomic E-state index is 0.0384. The third-order valence-corrected chi connectivity index (χ3v) is 2.67. The first kappa shape index (κ1) is 15.5. The fourth-order valence-corrected chi connectivity index (χ4v) is 1.82. The Morgan fingerprint density at radius 2 is 1.95 bits per heavy atom. The van der Waals surface area contributed by atoms with Gasteiger partial charge in [0.15, 0.2) is 0 Å². The Hall–Kier alpha value is -1.60. The third kappa shape index (κ3) is 6.21. The highest BCUT2D eigenvalue weighted by Crippen LogP contribution is 2.18. The van der Waals surface area contributed by atoms with E-state index in [4.69, 9.17) is 4.74 Å². The van der Waals surface area contributed by atoms with Gasteiger partial charge in [0, 0.05) is 17.0 Å². The normalized spacial score (nSPS) is 11.1. The molecule has 0 radical (unpaired) electrons. The summed E-state index contributed by atoms with van der Waals surface area (Å²) in [7, 11) is 0. The monoisotopic (exact) mass is 284 g/mol. The first-order valence-electron chi connectivity index (χ1n) is 5.64. The van der Waals surface area contributed by atoms with Crippen molar-refractivity contribution in [1.82, 2.24) is 4.72 Å². The van der Waals surface area contributed by atoms with E-state index in [0.29, 0.717) is 0 Å². The number of non-ortho nitro benzene ring substituents is 1. The van der Waals surface area contributed by atoms with E-state index < -0.39 is 10.5 Å². The number of carbonyl (C=O) groups excluding carboxylic acids is 1. The second-order valence-corrected chi connectivity index (χ2v) is 5.72. The number of nitro benzene ring substituents is 1. The van der Waals surface area contributed by atoms with Crippen LogP contribution in [0.3, 0.4) is 0 Å². The lowest BCUT2D eigenvalue weighted by Gasteiger charge is -2.19. The zero-order chi connectivity index (χ0) is 14.5. The molecule has 0 fully saturated rings. The maximum Gasteiger partial charge on any atom is 0.321 e. The molecule has 6 nitrogen and oxygen atoms in total. The average molecular weight is 284 g/mol. The van der Waals surface area contributed by atoms with E-state index in [1.54, 1.807) is 32.9 Å². The molecule has 19 heavy (non-hydrogen) atoms. The maximum absolute atomic E-state index is 11.4. The molecule has 1 aromatic rings. The molecule has 0 amide bonds. The van der Waals surface area contributed by atoms with E-state index in [1.807, 2.05) is 0 Å². The molecule has 0 spiro atoms. The summed E-state index contributed by atoms with van der Waals surface area (Å²) < 4.78 is 7.97. The van der Waals surface area contributed by atoms with Gasteiger partial charge in [-0.3, -0.25) is 14.9 Å². The lowest BCUT2D eigenvalue weighted by molar-refractivity contribution is -0.384. The van der Waals surface area contributed by atoms with E-state index in [2.05, 4.69) is 4.72 Å². The lowest BCUT2D eigenvalue weighted by atomic mass is 10.2. The Morgan fingerprint density at radius 3 is 2.42 bits per heavy atom. The third-order valence-electron chi connectivity index (χ3n) is 1.87. The van der Waals surface area contributed by atoms with Crippen molar-refractivity contribution in [3.63, 3.8) is 0 Å². The Morgan fingerprint density at radius 1 is 1.37 bits per heavy atom. The highest BCUT2D eigenvalue weighted by molar-refractivity contribution is 7.97. The second-order valence-electron chi connectivity index (χ2n) is 4.76. The Labute approximate surface area is 115 Å². The summed E-state index contributed by atoms with van der Waals surface area (Å²) in [5, 5.41) is 10.5. The maximum atomic E-state index is 11.4. The number of nitro groups is 1. The van der Waals surface area contributed by atoms with Crippen LogP contribution in [0.2, 0.25) is 0 Å². The van der Waals surface area contributed by atoms with E-state index in [-0.39, 0.29) is 18.2 Å². The summed E-state index contributed by atoms with van der Waals surface area (Å²) in [5.41, 5.74) is -0.465. The number of esters is 1. The standard InChI is InChI=1S/C12H16N2O4S/c1-12(2,3)18-11(15)8-13-19-10-6-4-9(5-7-10)14(16)17/h4-7,13H,8H2,1-3H3. The van der Waals surface area contributed by atoms with Crippen LogP contribution in [-0.4, -0.2) is 23.0 Å². The van der Waals surface area contributed by atoms with E-state index >= 15 is 0 Å². The van der Waals surface area contributed by atoms with Crippen LogP contribution in [0.5, 0.6) is 0 Å². The van der Waals surface area contributed by atoms with E-state index in [0.717, 1.165) is 4.90 Å². The zero-order valence-electron chi connectivity index (χ0n) is 11.0. The van der Waals surface area contributed by atoms with Gasteiger partial charge < -0.3 is 4.74 Å². The predicted octanol–water partition coefficient (Wildman–Crippen LogP) is 2.53. The number of nitrogens with one attached hydrogen (secondary N) is 1. The molecule has 0 saturated carbocycles. The van der Waals surface area contributed by atoms with Gasteiger partial charge in [0.05, 0.1) is 4.92 Å². The van der Waals surface area contributed by atoms with Crippen molar-refractivity contribution in [3.8, 4) is 0 Å². The number of hydrogen-bond donors (Lipinski definition) is 1. The fourth-order valence-electron chi connectivity index (χ4n) is 1.19. The van der Waals surface area contributed by atoms with Gasteiger partial charge in [-0.2, -0.15) is 0 Å². The van der Waals surface area contributed by atoms with Crippen LogP contribution in [0.1, 0.15) is 20.8 Å². The number of carbonyl (C=O) groups is 1. The second kappa shape index (κ2) is 6.53. The Kier molecular flexibility index (Phi) is 5.31. The van der Waals surface area contributed by atoms with Gasteiger partial charge in [-0.15, -0.1) is 0 Å². The highest BCUT2D eigenvalue weighted by atomic mass is 32.2. The van der Waals surface area contributed by atoms with Gasteiger partial charge in [0.1, 0.15) is 12.1 Å². The van der Waals surface area contributed by atoms with Crippen LogP contribution in [0, 0.1) is 10.1 Å². The highest BCUT2D eigenvalue weighted by Gasteiger charge is 2.15. The van der Waals surface area contributed by atoms with Crippen LogP contribution in [0.15, 0.2) is 29.2 Å². The van der Waals surface area contributed by atoms with Crippen LogP contribution < -0.4 is 4.72 Å². The van der Waals surface area contributed by atoms with Gasteiger partial charge in [0.25, 0.3) is 5.69 Å². The molecule has 0 atom stereocenters. The predicted molar refractivity (Wildman–Crippen MR) is 72.8 cm³/mol. The summed E-state index contributed by atoms with van der Waals surface area (Å²) in [6.45, 7) is 5.47. The number of nitrogens with zero attached hydrogens (tertiary/aromatic N) is 1. The zero-order valence-corrected chi connectivity index (χ0v) is 11.8. The smallest absolute Gasteiger partial charge is 0.321 e. The summed E-state index contributed by atoms with van der Waals surface area (Å²) in [6, 6.07) is 6.06. The number of hydrogen-bond acceptors (Lipinski definition) is 6. The molecule has 1 aromatic carbocycles. The Bertz CT molecular complexity index is 454. The van der Waals surface area contributed by atoms with Crippen LogP contribution in [-0.2, 0) is 9.53 Å². The number of benzene rings is 1. The number of ether oxygens (including phenoxy) is 1. The van der Waals surface area contributed by atoms with Crippen molar-refractivity contribution in [2.75, 3.05) is 6.54 Å². The molecule has 1 rings (SSSR count). The van der Waals surface area contributed by atoms with Gasteiger partial charge in [-0.05, 0) is 44.9 Å². The molecule has 0 aliphatic heterocycles. The topological polar surface area (TPSA) is 81.5 Å². The minimum atomic E-state index is -0.503. The molecular weight excluding hydrogens is 268 g/mol. The Balaban J connectivity index is 2.37. The SMILES string of the molecule is CC(C)(C)OC(=O)CNSc1ccc([N+](=O)[O-])cc1. The first-order chi connectivity index (χ1) is 8.78. The molecular formula is C12H16N2O4S. The minimum Gasteiger partial charge on any atom is -0.459 e. The molecule has 0 unspecified atom stereocenters. The molecule has 0 aliphatic carbocycles. The van der Waals surface area contributed by atoms with Gasteiger partial charge in [0.2, 0.25) is 0 Å².